The van der Waals surface area contributed by atoms with Crippen LogP contribution < -0.4 is 10.9 Å². The Kier molecular flexibility index (Phi) is 4.85. The summed E-state index contributed by atoms with van der Waals surface area (Å²) in [6.07, 6.45) is 2.94. The van der Waals surface area contributed by atoms with Gasteiger partial charge in [-0.25, -0.2) is 4.98 Å². The standard InChI is InChI=1S/C21H14ClN5O2/c22-15-3-1-2-13(6-15)10-27-11-14(9-23)17-7-16(4-5-19(17)27)26-21(29)18-8-20(28)25-12-24-18/h1-8,11-12H,10H2,(H,26,29)(H,24,25,28). The first kappa shape index (κ1) is 18.5. The molecule has 8 heteroatoms. The second-order valence-corrected chi connectivity index (χ2v) is 6.83. The van der Waals surface area contributed by atoms with E-state index in [-0.39, 0.29) is 5.69 Å². The lowest BCUT2D eigenvalue weighted by Gasteiger charge is -2.08. The average molecular weight is 404 g/mol. The molecule has 0 saturated heterocycles. The quantitative estimate of drug-likeness (QED) is 0.543. The number of nitriles is 1. The monoisotopic (exact) mass is 403 g/mol. The molecule has 0 fully saturated rings. The maximum atomic E-state index is 12.3. The van der Waals surface area contributed by atoms with Crippen molar-refractivity contribution in [2.45, 2.75) is 6.54 Å². The molecule has 0 spiro atoms. The van der Waals surface area contributed by atoms with Gasteiger partial charge in [0, 0.05) is 40.4 Å². The number of amides is 1. The van der Waals surface area contributed by atoms with E-state index in [0.717, 1.165) is 17.1 Å². The van der Waals surface area contributed by atoms with E-state index >= 15 is 0 Å². The number of carbonyl (C=O) groups is 1. The summed E-state index contributed by atoms with van der Waals surface area (Å²) in [6, 6.07) is 16.1. The minimum Gasteiger partial charge on any atom is -0.342 e. The van der Waals surface area contributed by atoms with Crippen LogP contribution in [0.15, 0.2) is 65.8 Å². The van der Waals surface area contributed by atoms with Crippen LogP contribution in [0.5, 0.6) is 0 Å². The molecule has 2 N–H and O–H groups in total. The van der Waals surface area contributed by atoms with Crippen LogP contribution in [0.4, 0.5) is 5.69 Å². The molecule has 0 bridgehead atoms. The van der Waals surface area contributed by atoms with Crippen molar-refractivity contribution in [2.24, 2.45) is 0 Å². The molecule has 0 aliphatic heterocycles. The molecular formula is C21H14ClN5O2. The summed E-state index contributed by atoms with van der Waals surface area (Å²) in [4.78, 5) is 29.9. The molecular weight excluding hydrogens is 390 g/mol. The second-order valence-electron chi connectivity index (χ2n) is 6.39. The van der Waals surface area contributed by atoms with Crippen LogP contribution in [0.25, 0.3) is 10.9 Å². The van der Waals surface area contributed by atoms with Crippen LogP contribution in [-0.4, -0.2) is 20.4 Å². The lowest BCUT2D eigenvalue weighted by molar-refractivity contribution is 0.102. The minimum atomic E-state index is -0.507. The highest BCUT2D eigenvalue weighted by Gasteiger charge is 2.13. The van der Waals surface area contributed by atoms with Crippen molar-refractivity contribution in [2.75, 3.05) is 5.32 Å². The Labute approximate surface area is 170 Å². The molecule has 7 nitrogen and oxygen atoms in total. The van der Waals surface area contributed by atoms with Crippen molar-refractivity contribution in [1.82, 2.24) is 14.5 Å². The van der Waals surface area contributed by atoms with Gasteiger partial charge in [-0.2, -0.15) is 5.26 Å². The van der Waals surface area contributed by atoms with Crippen LogP contribution in [0.3, 0.4) is 0 Å². The Morgan fingerprint density at radius 1 is 1.24 bits per heavy atom. The van der Waals surface area contributed by atoms with Crippen molar-refractivity contribution >= 4 is 34.1 Å². The van der Waals surface area contributed by atoms with E-state index in [2.05, 4.69) is 21.4 Å². The Bertz CT molecular complexity index is 1330. The van der Waals surface area contributed by atoms with E-state index in [0.29, 0.717) is 28.2 Å². The van der Waals surface area contributed by atoms with Crippen molar-refractivity contribution in [3.63, 3.8) is 0 Å². The van der Waals surface area contributed by atoms with Gasteiger partial charge in [0.1, 0.15) is 11.8 Å². The smallest absolute Gasteiger partial charge is 0.274 e. The lowest BCUT2D eigenvalue weighted by atomic mass is 10.1. The molecule has 4 rings (SSSR count). The van der Waals surface area contributed by atoms with Crippen molar-refractivity contribution in [3.8, 4) is 6.07 Å². The molecule has 0 atom stereocenters. The van der Waals surface area contributed by atoms with Gasteiger partial charge in [-0.05, 0) is 35.9 Å². The maximum Gasteiger partial charge on any atom is 0.274 e. The number of carbonyl (C=O) groups excluding carboxylic acids is 1. The fourth-order valence-corrected chi connectivity index (χ4v) is 3.33. The topological polar surface area (TPSA) is 104 Å². The van der Waals surface area contributed by atoms with Crippen molar-refractivity contribution in [1.29, 1.82) is 5.26 Å². The largest absolute Gasteiger partial charge is 0.342 e. The number of benzene rings is 2. The zero-order valence-electron chi connectivity index (χ0n) is 15.0. The van der Waals surface area contributed by atoms with Gasteiger partial charge < -0.3 is 14.9 Å². The molecule has 0 aliphatic rings. The summed E-state index contributed by atoms with van der Waals surface area (Å²) < 4.78 is 1.96. The van der Waals surface area contributed by atoms with Gasteiger partial charge >= 0.3 is 0 Å². The number of anilines is 1. The van der Waals surface area contributed by atoms with Crippen LogP contribution >= 0.6 is 11.6 Å². The van der Waals surface area contributed by atoms with Crippen molar-refractivity contribution < 1.29 is 4.79 Å². The molecule has 4 aromatic rings. The zero-order valence-corrected chi connectivity index (χ0v) is 15.8. The number of rotatable bonds is 4. The number of aromatic nitrogens is 3. The Morgan fingerprint density at radius 2 is 2.10 bits per heavy atom. The maximum absolute atomic E-state index is 12.3. The molecule has 142 valence electrons. The number of halogens is 1. The number of nitrogens with zero attached hydrogens (tertiary/aromatic N) is 3. The van der Waals surface area contributed by atoms with Crippen LogP contribution in [0.1, 0.15) is 21.6 Å². The number of nitrogens with one attached hydrogen (secondary N) is 2. The van der Waals surface area contributed by atoms with Gasteiger partial charge in [0.15, 0.2) is 0 Å². The van der Waals surface area contributed by atoms with E-state index in [1.54, 1.807) is 18.3 Å². The third kappa shape index (κ3) is 3.88. The Balaban J connectivity index is 1.66. The van der Waals surface area contributed by atoms with Crippen LogP contribution in [-0.2, 0) is 6.54 Å². The summed E-state index contributed by atoms with van der Waals surface area (Å²) in [7, 11) is 0. The summed E-state index contributed by atoms with van der Waals surface area (Å²) >= 11 is 6.06. The number of H-pyrrole nitrogens is 1. The predicted molar refractivity (Wildman–Crippen MR) is 110 cm³/mol. The van der Waals surface area contributed by atoms with Crippen LogP contribution in [0.2, 0.25) is 5.02 Å². The highest BCUT2D eigenvalue weighted by atomic mass is 35.5. The molecule has 29 heavy (non-hydrogen) atoms. The van der Waals surface area contributed by atoms with Gasteiger partial charge in [-0.1, -0.05) is 23.7 Å². The third-order valence-electron chi connectivity index (χ3n) is 4.41. The summed E-state index contributed by atoms with van der Waals surface area (Å²) in [6.45, 7) is 0.557. The minimum absolute atomic E-state index is 0.00730. The van der Waals surface area contributed by atoms with Gasteiger partial charge in [0.05, 0.1) is 11.9 Å². The third-order valence-corrected chi connectivity index (χ3v) is 4.65. The van der Waals surface area contributed by atoms with E-state index in [1.165, 1.54) is 6.33 Å². The molecule has 0 radical (unpaired) electrons. The van der Waals surface area contributed by atoms with Gasteiger partial charge in [0.25, 0.3) is 11.5 Å². The highest BCUT2D eigenvalue weighted by molar-refractivity contribution is 6.30. The van der Waals surface area contributed by atoms with Crippen LogP contribution in [0, 0.1) is 11.3 Å². The summed E-state index contributed by atoms with van der Waals surface area (Å²) in [5.41, 5.74) is 2.46. The summed E-state index contributed by atoms with van der Waals surface area (Å²) in [5, 5.41) is 13.6. The van der Waals surface area contributed by atoms with E-state index in [1.807, 2.05) is 34.9 Å². The first-order chi connectivity index (χ1) is 14.0. The number of hydrogen-bond donors (Lipinski definition) is 2. The Morgan fingerprint density at radius 3 is 2.86 bits per heavy atom. The van der Waals surface area contributed by atoms with Gasteiger partial charge in [-0.15, -0.1) is 0 Å². The second kappa shape index (κ2) is 7.62. The first-order valence-electron chi connectivity index (χ1n) is 8.67. The van der Waals surface area contributed by atoms with Crippen molar-refractivity contribution in [3.05, 3.63) is 93.3 Å². The summed E-state index contributed by atoms with van der Waals surface area (Å²) in [5.74, 6) is -0.507. The first-order valence-corrected chi connectivity index (χ1v) is 9.05. The normalized spacial score (nSPS) is 10.6. The molecule has 0 unspecified atom stereocenters. The lowest BCUT2D eigenvalue weighted by Crippen LogP contribution is -2.17. The Hall–Kier alpha value is -3.89. The molecule has 2 heterocycles. The van der Waals surface area contributed by atoms with Gasteiger partial charge in [0.2, 0.25) is 0 Å². The molecule has 2 aromatic heterocycles. The number of aromatic amines is 1. The fraction of sp³-hybridized carbons (Fsp3) is 0.0476. The zero-order chi connectivity index (χ0) is 20.4. The molecule has 1 amide bonds. The van der Waals surface area contributed by atoms with E-state index < -0.39 is 11.5 Å². The fourth-order valence-electron chi connectivity index (χ4n) is 3.11. The number of fused-ring (bicyclic) bond motifs is 1. The SMILES string of the molecule is N#Cc1cn(Cc2cccc(Cl)c2)c2ccc(NC(=O)c3cc(=O)[nH]cn3)cc12. The van der Waals surface area contributed by atoms with E-state index in [9.17, 15) is 14.9 Å². The molecule has 0 saturated carbocycles. The van der Waals surface area contributed by atoms with Gasteiger partial charge in [-0.3, -0.25) is 9.59 Å². The molecule has 2 aromatic carbocycles. The molecule has 0 aliphatic carbocycles. The predicted octanol–water partition coefficient (Wildman–Crippen LogP) is 3.55. The average Bonchev–Trinajstić information content (AvgIpc) is 3.05. The van der Waals surface area contributed by atoms with E-state index in [4.69, 9.17) is 11.6 Å². The number of hydrogen-bond acceptors (Lipinski definition) is 4. The highest BCUT2D eigenvalue weighted by Crippen LogP contribution is 2.26.